The number of carbonyl (C=O) groups is 2. The van der Waals surface area contributed by atoms with E-state index in [1.807, 2.05) is 0 Å². The number of hydrogen-bond acceptors (Lipinski definition) is 3. The second kappa shape index (κ2) is 6.24. The molecular formula is C13H20ClF2NO3. The molecule has 1 aliphatic carbocycles. The number of rotatable bonds is 4. The van der Waals surface area contributed by atoms with E-state index in [0.717, 1.165) is 0 Å². The number of amides is 1. The van der Waals surface area contributed by atoms with Crippen LogP contribution in [0.3, 0.4) is 0 Å². The third kappa shape index (κ3) is 5.23. The van der Waals surface area contributed by atoms with Gasteiger partial charge in [0, 0.05) is 12.8 Å². The zero-order valence-corrected chi connectivity index (χ0v) is 12.6. The molecule has 0 radical (unpaired) electrons. The lowest BCUT2D eigenvalue weighted by Gasteiger charge is -2.26. The average Bonchev–Trinajstić information content (AvgIpc) is 2.63. The molecule has 1 N–H and O–H groups in total. The molecule has 1 fully saturated rings. The highest BCUT2D eigenvalue weighted by atomic mass is 35.5. The van der Waals surface area contributed by atoms with E-state index in [1.54, 1.807) is 20.8 Å². The molecule has 0 aromatic rings. The van der Waals surface area contributed by atoms with Crippen molar-refractivity contribution in [2.75, 3.05) is 5.88 Å². The summed E-state index contributed by atoms with van der Waals surface area (Å²) in [6, 6.07) is -1.02. The molecule has 0 aliphatic heterocycles. The molecule has 7 heteroatoms. The summed E-state index contributed by atoms with van der Waals surface area (Å²) in [5.74, 6) is -4.20. The summed E-state index contributed by atoms with van der Waals surface area (Å²) in [5.41, 5.74) is -0.724. The number of carbonyl (C=O) groups excluding carboxylic acids is 2. The summed E-state index contributed by atoms with van der Waals surface area (Å²) < 4.78 is 31.5. The lowest BCUT2D eigenvalue weighted by molar-refractivity contribution is -0.120. The van der Waals surface area contributed by atoms with E-state index in [4.69, 9.17) is 16.3 Å². The van der Waals surface area contributed by atoms with Gasteiger partial charge in [-0.05, 0) is 33.1 Å². The molecule has 1 aliphatic rings. The van der Waals surface area contributed by atoms with Gasteiger partial charge in [-0.15, -0.1) is 11.6 Å². The number of ether oxygens (including phenoxy) is 1. The number of ketones is 1. The minimum atomic E-state index is -2.79. The maximum atomic E-state index is 13.2. The molecule has 0 heterocycles. The van der Waals surface area contributed by atoms with E-state index in [1.165, 1.54) is 0 Å². The summed E-state index contributed by atoms with van der Waals surface area (Å²) in [4.78, 5) is 23.5. The van der Waals surface area contributed by atoms with Crippen LogP contribution in [0.5, 0.6) is 0 Å². The molecule has 4 nitrogen and oxygen atoms in total. The highest BCUT2D eigenvalue weighted by Crippen LogP contribution is 2.40. The van der Waals surface area contributed by atoms with Crippen molar-refractivity contribution >= 4 is 23.5 Å². The predicted molar refractivity (Wildman–Crippen MR) is 71.2 cm³/mol. The van der Waals surface area contributed by atoms with Gasteiger partial charge in [-0.3, -0.25) is 4.79 Å². The number of alkyl halides is 3. The van der Waals surface area contributed by atoms with Crippen molar-refractivity contribution in [1.29, 1.82) is 0 Å². The smallest absolute Gasteiger partial charge is 0.408 e. The molecule has 0 aromatic carbocycles. The van der Waals surface area contributed by atoms with Crippen molar-refractivity contribution in [2.45, 2.75) is 57.6 Å². The van der Waals surface area contributed by atoms with E-state index in [0.29, 0.717) is 0 Å². The van der Waals surface area contributed by atoms with Gasteiger partial charge in [0.15, 0.2) is 5.78 Å². The molecule has 0 saturated heterocycles. The first-order chi connectivity index (χ1) is 9.04. The van der Waals surface area contributed by atoms with Crippen LogP contribution < -0.4 is 5.32 Å². The van der Waals surface area contributed by atoms with Crippen molar-refractivity contribution in [1.82, 2.24) is 5.32 Å². The third-order valence-corrected chi connectivity index (χ3v) is 3.33. The molecule has 1 saturated carbocycles. The molecule has 0 spiro atoms. The van der Waals surface area contributed by atoms with Crippen LogP contribution in [0.4, 0.5) is 13.6 Å². The van der Waals surface area contributed by atoms with Gasteiger partial charge in [0.05, 0.1) is 11.9 Å². The second-order valence-corrected chi connectivity index (χ2v) is 6.35. The number of halogens is 3. The minimum Gasteiger partial charge on any atom is -0.444 e. The Balaban J connectivity index is 2.71. The summed E-state index contributed by atoms with van der Waals surface area (Å²) in [6.07, 6.45) is -1.32. The summed E-state index contributed by atoms with van der Waals surface area (Å²) in [6.45, 7) is 5.03. The van der Waals surface area contributed by atoms with Gasteiger partial charge >= 0.3 is 6.09 Å². The van der Waals surface area contributed by atoms with Gasteiger partial charge < -0.3 is 10.1 Å². The van der Waals surface area contributed by atoms with Crippen LogP contribution in [-0.2, 0) is 9.53 Å². The number of nitrogens with one attached hydrogen (secondary N) is 1. The Hall–Kier alpha value is -0.910. The van der Waals surface area contributed by atoms with E-state index < -0.39 is 41.8 Å². The Morgan fingerprint density at radius 3 is 2.45 bits per heavy atom. The summed E-state index contributed by atoms with van der Waals surface area (Å²) >= 11 is 5.48. The van der Waals surface area contributed by atoms with E-state index in [9.17, 15) is 18.4 Å². The second-order valence-electron chi connectivity index (χ2n) is 6.08. The molecule has 1 amide bonds. The predicted octanol–water partition coefficient (Wildman–Crippen LogP) is 3.12. The van der Waals surface area contributed by atoms with Crippen LogP contribution in [0.2, 0.25) is 0 Å². The van der Waals surface area contributed by atoms with Crippen molar-refractivity contribution in [3.8, 4) is 0 Å². The minimum absolute atomic E-state index is 0.177. The molecule has 0 aromatic heterocycles. The van der Waals surface area contributed by atoms with Crippen LogP contribution in [0.25, 0.3) is 0 Å². The Bertz CT molecular complexity index is 382. The van der Waals surface area contributed by atoms with Crippen LogP contribution in [0.1, 0.15) is 40.0 Å². The van der Waals surface area contributed by atoms with Crippen molar-refractivity contribution in [3.63, 3.8) is 0 Å². The fourth-order valence-corrected chi connectivity index (χ4v) is 2.41. The Morgan fingerprint density at radius 1 is 1.45 bits per heavy atom. The Kier molecular flexibility index (Phi) is 5.35. The average molecular weight is 312 g/mol. The zero-order chi connectivity index (χ0) is 15.6. The SMILES string of the molecule is CC(C)(C)OC(=O)NC(C(=O)CCl)[C@@H]1CCC(F)(F)C1. The highest BCUT2D eigenvalue weighted by molar-refractivity contribution is 6.28. The van der Waals surface area contributed by atoms with Gasteiger partial charge in [0.2, 0.25) is 5.92 Å². The van der Waals surface area contributed by atoms with Crippen molar-refractivity contribution in [2.24, 2.45) is 5.92 Å². The molecule has 20 heavy (non-hydrogen) atoms. The standard InChI is InChI=1S/C13H20ClF2NO3/c1-12(2,3)20-11(19)17-10(9(18)7-14)8-4-5-13(15,16)6-8/h8,10H,4-7H2,1-3H3,(H,17,19)/t8-,10?/m1/s1. The van der Waals surface area contributed by atoms with Gasteiger partial charge in [-0.25, -0.2) is 13.6 Å². The van der Waals surface area contributed by atoms with Gasteiger partial charge in [0.25, 0.3) is 0 Å². The van der Waals surface area contributed by atoms with Crippen molar-refractivity contribution < 1.29 is 23.1 Å². The molecule has 2 atom stereocenters. The molecular weight excluding hydrogens is 292 g/mol. The quantitative estimate of drug-likeness (QED) is 0.812. The molecule has 0 bridgehead atoms. The lowest BCUT2D eigenvalue weighted by Crippen LogP contribution is -2.48. The van der Waals surface area contributed by atoms with Gasteiger partial charge in [0.1, 0.15) is 5.60 Å². The first kappa shape index (κ1) is 17.1. The first-order valence-electron chi connectivity index (χ1n) is 6.50. The fourth-order valence-electron chi connectivity index (χ4n) is 2.25. The van der Waals surface area contributed by atoms with E-state index in [2.05, 4.69) is 5.32 Å². The normalized spacial score (nSPS) is 23.2. The number of Topliss-reactive ketones (excluding diaryl/α,β-unsaturated/α-hetero) is 1. The maximum absolute atomic E-state index is 13.2. The van der Waals surface area contributed by atoms with E-state index in [-0.39, 0.29) is 18.7 Å². The monoisotopic (exact) mass is 311 g/mol. The molecule has 1 rings (SSSR count). The van der Waals surface area contributed by atoms with Crippen LogP contribution >= 0.6 is 11.6 Å². The highest BCUT2D eigenvalue weighted by Gasteiger charge is 2.45. The maximum Gasteiger partial charge on any atom is 0.408 e. The number of hydrogen-bond donors (Lipinski definition) is 1. The number of alkyl carbamates (subject to hydrolysis) is 1. The van der Waals surface area contributed by atoms with Crippen molar-refractivity contribution in [3.05, 3.63) is 0 Å². The third-order valence-electron chi connectivity index (χ3n) is 3.06. The lowest BCUT2D eigenvalue weighted by atomic mass is 9.95. The fraction of sp³-hybridized carbons (Fsp3) is 0.846. The topological polar surface area (TPSA) is 55.4 Å². The first-order valence-corrected chi connectivity index (χ1v) is 7.03. The van der Waals surface area contributed by atoms with Gasteiger partial charge in [-0.2, -0.15) is 0 Å². The van der Waals surface area contributed by atoms with Gasteiger partial charge in [-0.1, -0.05) is 0 Å². The Morgan fingerprint density at radius 2 is 2.05 bits per heavy atom. The van der Waals surface area contributed by atoms with Crippen LogP contribution in [0, 0.1) is 5.92 Å². The summed E-state index contributed by atoms with van der Waals surface area (Å²) in [5, 5.41) is 2.38. The zero-order valence-electron chi connectivity index (χ0n) is 11.8. The largest absolute Gasteiger partial charge is 0.444 e. The van der Waals surface area contributed by atoms with Crippen LogP contribution in [0.15, 0.2) is 0 Å². The molecule has 116 valence electrons. The molecule has 1 unspecified atom stereocenters. The Labute approximate surface area is 122 Å². The summed E-state index contributed by atoms with van der Waals surface area (Å²) in [7, 11) is 0. The van der Waals surface area contributed by atoms with E-state index >= 15 is 0 Å². The van der Waals surface area contributed by atoms with Crippen LogP contribution in [-0.4, -0.2) is 35.3 Å².